The fourth-order valence-electron chi connectivity index (χ4n) is 0.409. The first kappa shape index (κ1) is 10.4. The predicted octanol–water partition coefficient (Wildman–Crippen LogP) is -1.07. The van der Waals surface area contributed by atoms with E-state index in [9.17, 15) is 4.79 Å². The van der Waals surface area contributed by atoms with E-state index in [0.717, 1.165) is 0 Å². The molecule has 0 aliphatic carbocycles. The molecule has 6 heteroatoms. The molecule has 0 rings (SSSR count). The first-order valence-electron chi connectivity index (χ1n) is 3.31. The van der Waals surface area contributed by atoms with Crippen LogP contribution in [0.2, 0.25) is 0 Å². The van der Waals surface area contributed by atoms with Crippen LogP contribution in [0.3, 0.4) is 0 Å². The lowest BCUT2D eigenvalue weighted by Gasteiger charge is -2.10. The number of hydrogen-bond acceptors (Lipinski definition) is 2. The van der Waals surface area contributed by atoms with Gasteiger partial charge in [0.1, 0.15) is 0 Å². The third kappa shape index (κ3) is 4.26. The molecule has 0 radical (unpaired) electrons. The molecule has 0 aliphatic heterocycles. The largest absolute Gasteiger partial charge is 0.369 e. The van der Waals surface area contributed by atoms with Crippen molar-refractivity contribution >= 4 is 17.8 Å². The summed E-state index contributed by atoms with van der Waals surface area (Å²) in [5.41, 5.74) is 5.38. The molecule has 68 valence electrons. The number of nitrogens with zero attached hydrogens (tertiary/aromatic N) is 2. The van der Waals surface area contributed by atoms with Crippen LogP contribution in [0.1, 0.15) is 6.92 Å². The molecule has 0 saturated heterocycles. The lowest BCUT2D eigenvalue weighted by atomic mass is 10.7. The maximum Gasteiger partial charge on any atom is 0.225 e. The minimum atomic E-state index is -0.338. The van der Waals surface area contributed by atoms with Crippen LogP contribution in [0.5, 0.6) is 0 Å². The summed E-state index contributed by atoms with van der Waals surface area (Å²) in [6.07, 6.45) is 0. The smallest absolute Gasteiger partial charge is 0.225 e. The minimum Gasteiger partial charge on any atom is -0.369 e. The molecule has 0 unspecified atom stereocenters. The Kier molecular flexibility index (Phi) is 3.75. The first-order chi connectivity index (χ1) is 5.43. The first-order valence-corrected chi connectivity index (χ1v) is 3.31. The predicted molar refractivity (Wildman–Crippen MR) is 46.9 cm³/mol. The van der Waals surface area contributed by atoms with Gasteiger partial charge < -0.3 is 10.6 Å². The van der Waals surface area contributed by atoms with Gasteiger partial charge in [0.2, 0.25) is 11.9 Å². The van der Waals surface area contributed by atoms with E-state index < -0.39 is 0 Å². The van der Waals surface area contributed by atoms with Gasteiger partial charge in [-0.05, 0) is 0 Å². The van der Waals surface area contributed by atoms with Gasteiger partial charge in [-0.15, -0.1) is 0 Å². The highest BCUT2D eigenvalue weighted by Crippen LogP contribution is 1.77. The Bertz CT molecular complexity index is 220. The van der Waals surface area contributed by atoms with E-state index in [1.807, 2.05) is 0 Å². The maximum atomic E-state index is 10.4. The molecule has 0 aliphatic rings. The van der Waals surface area contributed by atoms with Crippen molar-refractivity contribution in [3.05, 3.63) is 0 Å². The van der Waals surface area contributed by atoms with Gasteiger partial charge in [-0.25, -0.2) is 0 Å². The minimum absolute atomic E-state index is 0.175. The van der Waals surface area contributed by atoms with E-state index in [1.165, 1.54) is 11.8 Å². The zero-order valence-electron chi connectivity index (χ0n) is 7.38. The maximum absolute atomic E-state index is 10.4. The summed E-state index contributed by atoms with van der Waals surface area (Å²) < 4.78 is 0. The zero-order valence-corrected chi connectivity index (χ0v) is 7.38. The summed E-state index contributed by atoms with van der Waals surface area (Å²) in [5.74, 6) is -0.419. The van der Waals surface area contributed by atoms with Gasteiger partial charge in [-0.3, -0.25) is 15.5 Å². The third-order valence-electron chi connectivity index (χ3n) is 0.979. The highest BCUT2D eigenvalue weighted by atomic mass is 16.1. The number of carbonyl (C=O) groups excluding carboxylic acids is 1. The zero-order chi connectivity index (χ0) is 9.72. The lowest BCUT2D eigenvalue weighted by molar-refractivity contribution is -0.117. The second-order valence-corrected chi connectivity index (χ2v) is 2.39. The lowest BCUT2D eigenvalue weighted by Crippen LogP contribution is -2.34. The summed E-state index contributed by atoms with van der Waals surface area (Å²) in [7, 11) is 3.39. The number of hydrogen-bond donors (Lipinski definition) is 3. The van der Waals surface area contributed by atoms with Gasteiger partial charge in [-0.2, -0.15) is 4.99 Å². The van der Waals surface area contributed by atoms with E-state index in [2.05, 4.69) is 10.3 Å². The van der Waals surface area contributed by atoms with Gasteiger partial charge in [0, 0.05) is 21.0 Å². The number of guanidine groups is 2. The Morgan fingerprint density at radius 2 is 2.08 bits per heavy atom. The van der Waals surface area contributed by atoms with Crippen LogP contribution in [-0.2, 0) is 4.79 Å². The van der Waals surface area contributed by atoms with Crippen LogP contribution in [0.15, 0.2) is 4.99 Å². The van der Waals surface area contributed by atoms with Crippen molar-refractivity contribution in [2.75, 3.05) is 14.1 Å². The Morgan fingerprint density at radius 3 is 2.42 bits per heavy atom. The number of rotatable bonds is 0. The van der Waals surface area contributed by atoms with Crippen molar-refractivity contribution in [3.63, 3.8) is 0 Å². The van der Waals surface area contributed by atoms with Crippen LogP contribution < -0.4 is 11.1 Å². The Hall–Kier alpha value is -1.59. The number of amides is 1. The van der Waals surface area contributed by atoms with Crippen LogP contribution in [0.25, 0.3) is 0 Å². The summed E-state index contributed by atoms with van der Waals surface area (Å²) in [5, 5.41) is 9.30. The quantitative estimate of drug-likeness (QED) is 0.320. The number of aliphatic imine (C=N–C) groups is 1. The number of nitrogens with one attached hydrogen (secondary N) is 2. The van der Waals surface area contributed by atoms with Gasteiger partial charge >= 0.3 is 0 Å². The third-order valence-corrected chi connectivity index (χ3v) is 0.979. The molecule has 0 aromatic rings. The van der Waals surface area contributed by atoms with Crippen molar-refractivity contribution in [2.45, 2.75) is 6.92 Å². The average Bonchev–Trinajstić information content (AvgIpc) is 1.84. The molecule has 1 amide bonds. The van der Waals surface area contributed by atoms with Crippen LogP contribution >= 0.6 is 0 Å². The molecule has 4 N–H and O–H groups in total. The number of nitrogens with two attached hydrogens (primary N) is 1. The van der Waals surface area contributed by atoms with Crippen LogP contribution in [0.4, 0.5) is 0 Å². The molecule has 0 aromatic heterocycles. The molecule has 12 heavy (non-hydrogen) atoms. The Balaban J connectivity index is 4.15. The van der Waals surface area contributed by atoms with E-state index in [4.69, 9.17) is 11.1 Å². The van der Waals surface area contributed by atoms with Gasteiger partial charge in [0.05, 0.1) is 0 Å². The van der Waals surface area contributed by atoms with Crippen molar-refractivity contribution in [2.24, 2.45) is 10.7 Å². The monoisotopic (exact) mass is 171 g/mol. The molecule has 0 bridgehead atoms. The second kappa shape index (κ2) is 4.32. The van der Waals surface area contributed by atoms with Gasteiger partial charge in [-0.1, -0.05) is 0 Å². The standard InChI is InChI=1S/C6H13N5O/c1-4(12)9-5(7)10-6(8)11(2)3/h1-3H3,(H4,7,8,9,10,12). The molecule has 0 atom stereocenters. The fraction of sp³-hybridized carbons (Fsp3) is 0.500. The molecular weight excluding hydrogens is 158 g/mol. The summed E-state index contributed by atoms with van der Waals surface area (Å²) >= 11 is 0. The van der Waals surface area contributed by atoms with Gasteiger partial charge in [0.25, 0.3) is 0 Å². The second-order valence-electron chi connectivity index (χ2n) is 2.39. The summed E-state index contributed by atoms with van der Waals surface area (Å²) in [4.78, 5) is 15.6. The highest BCUT2D eigenvalue weighted by molar-refractivity contribution is 6.00. The van der Waals surface area contributed by atoms with Crippen molar-refractivity contribution < 1.29 is 4.79 Å². The normalized spacial score (nSPS) is 10.8. The van der Waals surface area contributed by atoms with Crippen molar-refractivity contribution in [3.8, 4) is 0 Å². The molecular formula is C6H13N5O. The summed E-state index contributed by atoms with van der Waals surface area (Å²) in [6, 6.07) is 0. The Labute approximate surface area is 71.0 Å². The molecule has 0 heterocycles. The van der Waals surface area contributed by atoms with E-state index in [0.29, 0.717) is 0 Å². The fourth-order valence-corrected chi connectivity index (χ4v) is 0.409. The van der Waals surface area contributed by atoms with Crippen molar-refractivity contribution in [1.29, 1.82) is 5.41 Å². The van der Waals surface area contributed by atoms with Crippen LogP contribution in [0, 0.1) is 5.41 Å². The molecule has 0 saturated carbocycles. The summed E-state index contributed by atoms with van der Waals surface area (Å²) in [6.45, 7) is 1.30. The van der Waals surface area contributed by atoms with E-state index >= 15 is 0 Å². The van der Waals surface area contributed by atoms with Crippen molar-refractivity contribution in [1.82, 2.24) is 10.2 Å². The average molecular weight is 171 g/mol. The van der Waals surface area contributed by atoms with E-state index in [-0.39, 0.29) is 17.8 Å². The molecule has 0 fully saturated rings. The number of carbonyl (C=O) groups is 1. The van der Waals surface area contributed by atoms with Crippen LogP contribution in [-0.4, -0.2) is 36.8 Å². The molecule has 0 spiro atoms. The van der Waals surface area contributed by atoms with E-state index in [1.54, 1.807) is 14.1 Å². The SMILES string of the molecule is CC(=O)NC(=N)N=C(N)N(C)C. The van der Waals surface area contributed by atoms with Gasteiger partial charge in [0.15, 0.2) is 5.96 Å². The highest BCUT2D eigenvalue weighted by Gasteiger charge is 1.99. The molecule has 6 nitrogen and oxygen atoms in total. The molecule has 0 aromatic carbocycles. The Morgan fingerprint density at radius 1 is 1.58 bits per heavy atom. The topological polar surface area (TPSA) is 94.6 Å².